The van der Waals surface area contributed by atoms with Crippen LogP contribution < -0.4 is 0 Å². The van der Waals surface area contributed by atoms with Crippen molar-refractivity contribution >= 4 is 17.5 Å². The highest BCUT2D eigenvalue weighted by Gasteiger charge is 2.50. The maximum absolute atomic E-state index is 12.9. The summed E-state index contributed by atoms with van der Waals surface area (Å²) < 4.78 is 0. The summed E-state index contributed by atoms with van der Waals surface area (Å²) in [5.41, 5.74) is 2.86. The zero-order valence-corrected chi connectivity index (χ0v) is 14.7. The van der Waals surface area contributed by atoms with Crippen LogP contribution in [0.4, 0.5) is 0 Å². The van der Waals surface area contributed by atoms with Crippen molar-refractivity contribution in [3.05, 3.63) is 33.9 Å². The van der Waals surface area contributed by atoms with Crippen LogP contribution in [0.3, 0.4) is 0 Å². The number of ketones is 2. The van der Waals surface area contributed by atoms with E-state index in [4.69, 9.17) is 0 Å². The smallest absolute Gasteiger partial charge is 0.331 e. The van der Waals surface area contributed by atoms with Crippen molar-refractivity contribution < 1.29 is 19.5 Å². The van der Waals surface area contributed by atoms with Crippen LogP contribution in [-0.4, -0.2) is 22.6 Å². The van der Waals surface area contributed by atoms with E-state index < -0.39 is 11.4 Å². The number of fused-ring (bicyclic) bond motifs is 2. The average molecular weight is 328 g/mol. The second-order valence-corrected chi connectivity index (χ2v) is 7.78. The predicted molar refractivity (Wildman–Crippen MR) is 90.4 cm³/mol. The Hall–Kier alpha value is -1.97. The van der Waals surface area contributed by atoms with Crippen molar-refractivity contribution in [3.63, 3.8) is 0 Å². The topological polar surface area (TPSA) is 71.4 Å². The van der Waals surface area contributed by atoms with E-state index in [1.54, 1.807) is 0 Å². The van der Waals surface area contributed by atoms with Crippen LogP contribution >= 0.6 is 0 Å². The van der Waals surface area contributed by atoms with Crippen LogP contribution in [0.1, 0.15) is 53.4 Å². The maximum atomic E-state index is 12.9. The van der Waals surface area contributed by atoms with Gasteiger partial charge in [-0.05, 0) is 50.5 Å². The molecule has 2 atom stereocenters. The highest BCUT2D eigenvalue weighted by molar-refractivity contribution is 6.23. The molecule has 0 aliphatic heterocycles. The number of carboxylic acids is 1. The van der Waals surface area contributed by atoms with Gasteiger partial charge in [0.2, 0.25) is 0 Å². The number of rotatable bonds is 2. The molecule has 1 N–H and O–H groups in total. The van der Waals surface area contributed by atoms with Crippen LogP contribution in [0.5, 0.6) is 0 Å². The molecule has 3 aliphatic rings. The molecule has 0 saturated carbocycles. The van der Waals surface area contributed by atoms with Gasteiger partial charge in [0.1, 0.15) is 0 Å². The van der Waals surface area contributed by atoms with Gasteiger partial charge in [-0.1, -0.05) is 26.3 Å². The first-order chi connectivity index (χ1) is 11.2. The van der Waals surface area contributed by atoms with Gasteiger partial charge >= 0.3 is 5.97 Å². The molecule has 0 aromatic rings. The zero-order chi connectivity index (χ0) is 17.8. The van der Waals surface area contributed by atoms with Crippen molar-refractivity contribution in [2.24, 2.45) is 17.3 Å². The fourth-order valence-electron chi connectivity index (χ4n) is 4.85. The van der Waals surface area contributed by atoms with Crippen molar-refractivity contribution in [2.45, 2.75) is 53.4 Å². The summed E-state index contributed by atoms with van der Waals surface area (Å²) in [6.07, 6.45) is 3.88. The van der Waals surface area contributed by atoms with Gasteiger partial charge in [-0.15, -0.1) is 0 Å². The number of aliphatic carboxylic acids is 1. The zero-order valence-electron chi connectivity index (χ0n) is 14.7. The first-order valence-corrected chi connectivity index (χ1v) is 8.65. The Balaban J connectivity index is 2.11. The Morgan fingerprint density at radius 2 is 1.96 bits per heavy atom. The van der Waals surface area contributed by atoms with Crippen LogP contribution in [0.2, 0.25) is 0 Å². The first kappa shape index (κ1) is 16.9. The second-order valence-electron chi connectivity index (χ2n) is 7.78. The van der Waals surface area contributed by atoms with Crippen molar-refractivity contribution in [1.82, 2.24) is 0 Å². The fourth-order valence-corrected chi connectivity index (χ4v) is 4.85. The third kappa shape index (κ3) is 2.23. The van der Waals surface area contributed by atoms with Crippen LogP contribution in [0.15, 0.2) is 33.9 Å². The lowest BCUT2D eigenvalue weighted by molar-refractivity contribution is -0.133. The van der Waals surface area contributed by atoms with Crippen molar-refractivity contribution in [2.75, 3.05) is 0 Å². The summed E-state index contributed by atoms with van der Waals surface area (Å²) in [5.74, 6) is -0.825. The molecule has 4 heteroatoms. The Morgan fingerprint density at radius 3 is 2.54 bits per heavy atom. The molecule has 0 aromatic carbocycles. The van der Waals surface area contributed by atoms with Crippen molar-refractivity contribution in [1.29, 1.82) is 0 Å². The summed E-state index contributed by atoms with van der Waals surface area (Å²) >= 11 is 0. The molecule has 24 heavy (non-hydrogen) atoms. The molecule has 0 radical (unpaired) electrons. The molecule has 0 aromatic heterocycles. The molecule has 0 saturated heterocycles. The number of carboxylic acid groups (broad SMARTS) is 1. The second kappa shape index (κ2) is 5.54. The van der Waals surface area contributed by atoms with Crippen LogP contribution in [0, 0.1) is 17.3 Å². The van der Waals surface area contributed by atoms with E-state index in [0.717, 1.165) is 12.0 Å². The molecule has 0 unspecified atom stereocenters. The van der Waals surface area contributed by atoms with Gasteiger partial charge in [-0.2, -0.15) is 0 Å². The molecule has 128 valence electrons. The van der Waals surface area contributed by atoms with Gasteiger partial charge in [-0.3, -0.25) is 9.59 Å². The lowest BCUT2D eigenvalue weighted by atomic mass is 9.54. The molecule has 3 rings (SSSR count). The summed E-state index contributed by atoms with van der Waals surface area (Å²) in [6, 6.07) is 0. The molecular weight excluding hydrogens is 304 g/mol. The predicted octanol–water partition coefficient (Wildman–Crippen LogP) is 3.63. The molecule has 3 aliphatic carbocycles. The Kier molecular flexibility index (Phi) is 3.89. The normalized spacial score (nSPS) is 30.4. The van der Waals surface area contributed by atoms with Crippen LogP contribution in [-0.2, 0) is 14.4 Å². The quantitative estimate of drug-likeness (QED) is 0.786. The molecule has 0 spiro atoms. The van der Waals surface area contributed by atoms with E-state index >= 15 is 0 Å². The standard InChI is InChI=1S/C20H24O4/c1-10(2)14-9-16(21)17-13(18(14)22)5-6-15-11(3)12(19(23)24)7-8-20(15,17)4/h9-10,15H,5-8H2,1-4H3,(H,23,24)/t15-,20-/m0/s1. The van der Waals surface area contributed by atoms with Gasteiger partial charge in [0, 0.05) is 27.7 Å². The molecular formula is C20H24O4. The van der Waals surface area contributed by atoms with Gasteiger partial charge in [0.25, 0.3) is 0 Å². The average Bonchev–Trinajstić information content (AvgIpc) is 2.49. The molecule has 0 heterocycles. The number of hydrogen-bond acceptors (Lipinski definition) is 3. The lowest BCUT2D eigenvalue weighted by Crippen LogP contribution is -2.43. The SMILES string of the molecule is CC1=C(C(=O)O)CC[C@]2(C)C3=C(CC[C@@H]12)C(=O)C(C(C)C)=CC3=O. The Bertz CT molecular complexity index is 748. The lowest BCUT2D eigenvalue weighted by Gasteiger charge is -2.48. The van der Waals surface area contributed by atoms with Gasteiger partial charge in [0.05, 0.1) is 0 Å². The van der Waals surface area contributed by atoms with E-state index in [1.165, 1.54) is 6.08 Å². The number of Topliss-reactive ketones (excluding diaryl/α,β-unsaturated/α-hetero) is 1. The Morgan fingerprint density at radius 1 is 1.29 bits per heavy atom. The van der Waals surface area contributed by atoms with E-state index in [-0.39, 0.29) is 23.4 Å². The minimum atomic E-state index is -0.859. The monoisotopic (exact) mass is 328 g/mol. The molecule has 4 nitrogen and oxygen atoms in total. The highest BCUT2D eigenvalue weighted by atomic mass is 16.4. The minimum Gasteiger partial charge on any atom is -0.478 e. The number of allylic oxidation sites excluding steroid dienone is 5. The highest BCUT2D eigenvalue weighted by Crippen LogP contribution is 2.56. The van der Waals surface area contributed by atoms with Gasteiger partial charge in [-0.25, -0.2) is 4.79 Å². The van der Waals surface area contributed by atoms with E-state index in [9.17, 15) is 19.5 Å². The summed E-state index contributed by atoms with van der Waals surface area (Å²) in [6.45, 7) is 7.78. The third-order valence-electron chi connectivity index (χ3n) is 6.17. The minimum absolute atomic E-state index is 0.0185. The summed E-state index contributed by atoms with van der Waals surface area (Å²) in [4.78, 5) is 37.1. The van der Waals surface area contributed by atoms with Crippen molar-refractivity contribution in [3.8, 4) is 0 Å². The van der Waals surface area contributed by atoms with Gasteiger partial charge < -0.3 is 5.11 Å². The first-order valence-electron chi connectivity index (χ1n) is 8.65. The van der Waals surface area contributed by atoms with E-state index in [1.807, 2.05) is 27.7 Å². The third-order valence-corrected chi connectivity index (χ3v) is 6.17. The largest absolute Gasteiger partial charge is 0.478 e. The summed E-state index contributed by atoms with van der Waals surface area (Å²) in [5, 5.41) is 9.40. The van der Waals surface area contributed by atoms with E-state index in [2.05, 4.69) is 0 Å². The maximum Gasteiger partial charge on any atom is 0.331 e. The Labute approximate surface area is 142 Å². The van der Waals surface area contributed by atoms with Gasteiger partial charge in [0.15, 0.2) is 11.6 Å². The van der Waals surface area contributed by atoms with E-state index in [0.29, 0.717) is 41.6 Å². The number of carbonyl (C=O) groups is 3. The van der Waals surface area contributed by atoms with Crippen LogP contribution in [0.25, 0.3) is 0 Å². The summed E-state index contributed by atoms with van der Waals surface area (Å²) in [7, 11) is 0. The molecule has 0 amide bonds. The fraction of sp³-hybridized carbons (Fsp3) is 0.550. The molecule has 0 fully saturated rings. The number of carbonyl (C=O) groups excluding carboxylic acids is 2. The molecule has 0 bridgehead atoms. The number of hydrogen-bond donors (Lipinski definition) is 1.